The van der Waals surface area contributed by atoms with Gasteiger partial charge in [0.15, 0.2) is 0 Å². The van der Waals surface area contributed by atoms with Crippen LogP contribution in [-0.2, 0) is 13.0 Å². The zero-order chi connectivity index (χ0) is 20.6. The van der Waals surface area contributed by atoms with Gasteiger partial charge in [0, 0.05) is 23.0 Å². The summed E-state index contributed by atoms with van der Waals surface area (Å²) in [6.45, 7) is 6.47. The van der Waals surface area contributed by atoms with Gasteiger partial charge in [-0.3, -0.25) is 10.1 Å². The third kappa shape index (κ3) is 4.42. The maximum Gasteiger partial charge on any atom is 0.324 e. The van der Waals surface area contributed by atoms with Crippen LogP contribution in [0.1, 0.15) is 40.6 Å². The molecule has 1 atom stereocenters. The van der Waals surface area contributed by atoms with Gasteiger partial charge in [0.05, 0.1) is 30.1 Å². The molecule has 2 aliphatic rings. The minimum atomic E-state index is -0.483. The first-order valence-corrected chi connectivity index (χ1v) is 11.2. The van der Waals surface area contributed by atoms with E-state index in [9.17, 15) is 9.59 Å². The van der Waals surface area contributed by atoms with E-state index >= 15 is 0 Å². The summed E-state index contributed by atoms with van der Waals surface area (Å²) >= 11 is 7.37. The van der Waals surface area contributed by atoms with E-state index in [4.69, 9.17) is 17.3 Å². The van der Waals surface area contributed by atoms with E-state index in [1.54, 1.807) is 24.3 Å². The highest BCUT2D eigenvalue weighted by molar-refractivity contribution is 7.17. The minimum absolute atomic E-state index is 0.400. The molecule has 6 nitrogen and oxygen atoms in total. The van der Waals surface area contributed by atoms with Gasteiger partial charge in [0.2, 0.25) is 0 Å². The van der Waals surface area contributed by atoms with Gasteiger partial charge in [-0.15, -0.1) is 11.3 Å². The molecule has 1 unspecified atom stereocenters. The topological polar surface area (TPSA) is 84.2 Å². The zero-order valence-corrected chi connectivity index (χ0v) is 18.0. The summed E-state index contributed by atoms with van der Waals surface area (Å²) in [5.74, 6) is 0.359. The van der Waals surface area contributed by atoms with E-state index in [0.717, 1.165) is 42.0 Å². The molecule has 1 aromatic heterocycles. The molecular formula is C21H26ClN4O2S+. The van der Waals surface area contributed by atoms with E-state index < -0.39 is 11.9 Å². The number of hydrogen-bond acceptors (Lipinski definition) is 3. The number of benzene rings is 1. The second kappa shape index (κ2) is 7.97. The highest BCUT2D eigenvalue weighted by Crippen LogP contribution is 2.41. The number of nitrogens with two attached hydrogens (primary N) is 1. The van der Waals surface area contributed by atoms with Crippen molar-refractivity contribution in [2.75, 3.05) is 30.3 Å². The third-order valence-electron chi connectivity index (χ3n) is 5.99. The monoisotopic (exact) mass is 433 g/mol. The van der Waals surface area contributed by atoms with E-state index in [1.165, 1.54) is 35.6 Å². The van der Waals surface area contributed by atoms with Crippen molar-refractivity contribution >= 4 is 45.6 Å². The SMILES string of the molecule is CC[N+]1(CC2CC2)CCc2c(sc(NC(=O)Nc3ccc(Cl)cc3)c2C(N)=O)C1. The second-order valence-corrected chi connectivity index (χ2v) is 9.62. The molecule has 4 rings (SSSR count). The van der Waals surface area contributed by atoms with Gasteiger partial charge in [-0.05, 0) is 49.6 Å². The lowest BCUT2D eigenvalue weighted by Gasteiger charge is -2.40. The van der Waals surface area contributed by atoms with Crippen molar-refractivity contribution in [3.8, 4) is 0 Å². The van der Waals surface area contributed by atoms with Crippen LogP contribution in [0.3, 0.4) is 0 Å². The van der Waals surface area contributed by atoms with Crippen molar-refractivity contribution in [2.24, 2.45) is 11.7 Å². The average molecular weight is 434 g/mol. The van der Waals surface area contributed by atoms with Crippen LogP contribution in [0.15, 0.2) is 24.3 Å². The van der Waals surface area contributed by atoms with Gasteiger partial charge in [-0.1, -0.05) is 11.6 Å². The lowest BCUT2D eigenvalue weighted by atomic mass is 9.99. The summed E-state index contributed by atoms with van der Waals surface area (Å²) in [6.07, 6.45) is 3.49. The van der Waals surface area contributed by atoms with Crippen molar-refractivity contribution in [3.05, 3.63) is 45.3 Å². The summed E-state index contributed by atoms with van der Waals surface area (Å²) in [5.41, 5.74) is 7.81. The Morgan fingerprint density at radius 1 is 1.24 bits per heavy atom. The van der Waals surface area contributed by atoms with Crippen LogP contribution < -0.4 is 16.4 Å². The Bertz CT molecular complexity index is 939. The predicted octanol–water partition coefficient (Wildman–Crippen LogP) is 4.45. The fourth-order valence-electron chi connectivity index (χ4n) is 4.19. The number of urea groups is 1. The van der Waals surface area contributed by atoms with Crippen LogP contribution in [0.5, 0.6) is 0 Å². The van der Waals surface area contributed by atoms with Crippen LogP contribution in [0.2, 0.25) is 5.02 Å². The fourth-order valence-corrected chi connectivity index (χ4v) is 5.70. The van der Waals surface area contributed by atoms with E-state index in [2.05, 4.69) is 17.6 Å². The van der Waals surface area contributed by atoms with E-state index in [0.29, 0.717) is 21.3 Å². The quantitative estimate of drug-likeness (QED) is 0.588. The Kier molecular flexibility index (Phi) is 5.55. The normalized spacial score (nSPS) is 20.8. The number of carbonyl (C=O) groups is 2. The van der Waals surface area contributed by atoms with Gasteiger partial charge in [-0.25, -0.2) is 4.79 Å². The Balaban J connectivity index is 1.54. The van der Waals surface area contributed by atoms with Gasteiger partial charge in [0.1, 0.15) is 11.5 Å². The van der Waals surface area contributed by atoms with Crippen LogP contribution in [-0.4, -0.2) is 36.1 Å². The lowest BCUT2D eigenvalue weighted by molar-refractivity contribution is -0.942. The molecule has 154 valence electrons. The van der Waals surface area contributed by atoms with Crippen molar-refractivity contribution < 1.29 is 14.1 Å². The average Bonchev–Trinajstić information content (AvgIpc) is 3.41. The highest BCUT2D eigenvalue weighted by Gasteiger charge is 2.40. The molecule has 4 N–H and O–H groups in total. The zero-order valence-electron chi connectivity index (χ0n) is 16.5. The van der Waals surface area contributed by atoms with Gasteiger partial charge in [0.25, 0.3) is 5.91 Å². The summed E-state index contributed by atoms with van der Waals surface area (Å²) in [5, 5.41) is 6.74. The number of fused-ring (bicyclic) bond motifs is 1. The molecule has 1 fully saturated rings. The van der Waals surface area contributed by atoms with Crippen LogP contribution in [0.4, 0.5) is 15.5 Å². The molecule has 1 saturated carbocycles. The number of halogens is 1. The van der Waals surface area contributed by atoms with E-state index in [1.807, 2.05) is 0 Å². The Labute approximate surface area is 179 Å². The molecule has 1 aliphatic heterocycles. The van der Waals surface area contributed by atoms with Crippen molar-refractivity contribution in [1.82, 2.24) is 0 Å². The number of carbonyl (C=O) groups excluding carboxylic acids is 2. The number of nitrogens with one attached hydrogen (secondary N) is 2. The highest BCUT2D eigenvalue weighted by atomic mass is 35.5. The molecule has 0 spiro atoms. The maximum absolute atomic E-state index is 12.5. The van der Waals surface area contributed by atoms with Crippen LogP contribution in [0, 0.1) is 5.92 Å². The number of thiophene rings is 1. The first-order chi connectivity index (χ1) is 13.9. The molecule has 8 heteroatoms. The molecule has 0 bridgehead atoms. The summed E-state index contributed by atoms with van der Waals surface area (Å²) in [7, 11) is 0. The van der Waals surface area contributed by atoms with Crippen LogP contribution in [0.25, 0.3) is 0 Å². The maximum atomic E-state index is 12.5. The number of likely N-dealkylation sites (N-methyl/N-ethyl adjacent to an activating group) is 1. The number of nitrogens with zero attached hydrogens (tertiary/aromatic N) is 1. The second-order valence-electron chi connectivity index (χ2n) is 8.07. The Morgan fingerprint density at radius 3 is 2.59 bits per heavy atom. The molecule has 2 heterocycles. The largest absolute Gasteiger partial charge is 0.365 e. The van der Waals surface area contributed by atoms with Gasteiger partial charge >= 0.3 is 6.03 Å². The van der Waals surface area contributed by atoms with Crippen molar-refractivity contribution in [3.63, 3.8) is 0 Å². The van der Waals surface area contributed by atoms with Gasteiger partial charge in [-0.2, -0.15) is 0 Å². The fraction of sp³-hybridized carbons (Fsp3) is 0.429. The van der Waals surface area contributed by atoms with Gasteiger partial charge < -0.3 is 15.5 Å². The molecule has 1 aliphatic carbocycles. The Morgan fingerprint density at radius 2 is 1.97 bits per heavy atom. The number of rotatable bonds is 6. The number of amides is 3. The molecule has 29 heavy (non-hydrogen) atoms. The molecule has 1 aromatic carbocycles. The van der Waals surface area contributed by atoms with E-state index in [-0.39, 0.29) is 0 Å². The smallest absolute Gasteiger partial charge is 0.324 e. The standard InChI is InChI=1S/C21H25ClN4O2S/c1-2-26(11-13-3-4-13)10-9-16-17(12-26)29-20(18(16)19(23)27)25-21(28)24-15-7-5-14(22)6-8-15/h5-8,13H,2-4,9-12H2,1H3,(H3-,23,24,25,27,28)/p+1. The Hall–Kier alpha value is -2.09. The van der Waals surface area contributed by atoms with Crippen molar-refractivity contribution in [1.29, 1.82) is 0 Å². The number of quaternary nitrogens is 1. The number of anilines is 2. The first kappa shape index (κ1) is 20.2. The number of hydrogen-bond donors (Lipinski definition) is 3. The molecule has 2 aromatic rings. The molecular weight excluding hydrogens is 408 g/mol. The summed E-state index contributed by atoms with van der Waals surface area (Å²) in [6, 6.07) is 6.46. The molecule has 0 radical (unpaired) electrons. The summed E-state index contributed by atoms with van der Waals surface area (Å²) in [4.78, 5) is 25.9. The van der Waals surface area contributed by atoms with Crippen molar-refractivity contribution in [2.45, 2.75) is 32.7 Å². The predicted molar refractivity (Wildman–Crippen MR) is 118 cm³/mol. The number of primary amides is 1. The summed E-state index contributed by atoms with van der Waals surface area (Å²) < 4.78 is 1.06. The molecule has 3 amide bonds. The minimum Gasteiger partial charge on any atom is -0.365 e. The lowest BCUT2D eigenvalue weighted by Crippen LogP contribution is -2.51. The molecule has 0 saturated heterocycles. The third-order valence-corrected chi connectivity index (χ3v) is 7.38. The van der Waals surface area contributed by atoms with Crippen LogP contribution >= 0.6 is 22.9 Å². The first-order valence-electron chi connectivity index (χ1n) is 10.0.